The number of amides is 1. The van der Waals surface area contributed by atoms with Crippen LogP contribution < -0.4 is 0 Å². The van der Waals surface area contributed by atoms with Gasteiger partial charge in [0.1, 0.15) is 11.6 Å². The highest BCUT2D eigenvalue weighted by molar-refractivity contribution is 9.09. The Morgan fingerprint density at radius 3 is 2.83 bits per heavy atom. The third-order valence-electron chi connectivity index (χ3n) is 3.29. The topological polar surface area (TPSA) is 20.3 Å². The van der Waals surface area contributed by atoms with E-state index in [0.29, 0.717) is 11.9 Å². The van der Waals surface area contributed by atoms with Gasteiger partial charge in [-0.15, -0.1) is 0 Å². The van der Waals surface area contributed by atoms with Crippen LogP contribution in [-0.4, -0.2) is 28.7 Å². The van der Waals surface area contributed by atoms with Gasteiger partial charge in [0.2, 0.25) is 0 Å². The highest BCUT2D eigenvalue weighted by atomic mass is 79.9. The molecule has 1 aliphatic heterocycles. The molecule has 0 aromatic heterocycles. The maximum Gasteiger partial charge on any atom is 0.257 e. The number of hydrogen-bond donors (Lipinski definition) is 0. The van der Waals surface area contributed by atoms with Gasteiger partial charge in [0, 0.05) is 24.0 Å². The molecular formula is C13H14BrF2NO. The Hall–Kier alpha value is -0.970. The van der Waals surface area contributed by atoms with Crippen LogP contribution in [0.1, 0.15) is 28.8 Å². The number of carbonyl (C=O) groups is 1. The molecule has 2 rings (SSSR count). The van der Waals surface area contributed by atoms with Crippen LogP contribution in [0.2, 0.25) is 0 Å². The molecule has 18 heavy (non-hydrogen) atoms. The fourth-order valence-corrected chi connectivity index (χ4v) is 2.91. The highest BCUT2D eigenvalue weighted by Crippen LogP contribution is 2.23. The van der Waals surface area contributed by atoms with Gasteiger partial charge in [0.15, 0.2) is 0 Å². The summed E-state index contributed by atoms with van der Waals surface area (Å²) in [4.78, 5) is 13.9. The molecule has 0 saturated carbocycles. The van der Waals surface area contributed by atoms with Crippen molar-refractivity contribution in [2.24, 2.45) is 0 Å². The Labute approximate surface area is 113 Å². The molecule has 0 spiro atoms. The second kappa shape index (κ2) is 5.34. The maximum atomic E-state index is 13.7. The van der Waals surface area contributed by atoms with Gasteiger partial charge >= 0.3 is 0 Å². The third-order valence-corrected chi connectivity index (χ3v) is 4.04. The van der Waals surface area contributed by atoms with Gasteiger partial charge in [-0.25, -0.2) is 8.78 Å². The van der Waals surface area contributed by atoms with E-state index in [2.05, 4.69) is 15.9 Å². The fourth-order valence-electron chi connectivity index (χ4n) is 2.24. The quantitative estimate of drug-likeness (QED) is 0.767. The molecule has 0 bridgehead atoms. The van der Waals surface area contributed by atoms with Gasteiger partial charge in [-0.2, -0.15) is 0 Å². The van der Waals surface area contributed by atoms with E-state index in [4.69, 9.17) is 0 Å². The first kappa shape index (κ1) is 13.5. The zero-order valence-corrected chi connectivity index (χ0v) is 11.6. The minimum absolute atomic E-state index is 0.0400. The number of nitrogens with zero attached hydrogens (tertiary/aromatic N) is 1. The van der Waals surface area contributed by atoms with Gasteiger partial charge < -0.3 is 4.90 Å². The first-order valence-corrected chi connectivity index (χ1v) is 6.99. The number of benzene rings is 1. The number of likely N-dealkylation sites (tertiary alicyclic amines) is 1. The minimum atomic E-state index is -0.789. The van der Waals surface area contributed by atoms with Crippen molar-refractivity contribution in [2.45, 2.75) is 25.8 Å². The van der Waals surface area contributed by atoms with Crippen molar-refractivity contribution in [3.63, 3.8) is 0 Å². The standard InChI is InChI=1S/C13H14BrF2NO/c1-8-5-10(12(16)6-11(8)15)13(18)17-4-2-3-9(17)7-14/h5-6,9H,2-4,7H2,1H3. The van der Waals surface area contributed by atoms with E-state index in [1.54, 1.807) is 4.90 Å². The van der Waals surface area contributed by atoms with Crippen molar-refractivity contribution >= 4 is 21.8 Å². The van der Waals surface area contributed by atoms with Crippen molar-refractivity contribution in [2.75, 3.05) is 11.9 Å². The Balaban J connectivity index is 2.31. The molecule has 1 saturated heterocycles. The Morgan fingerprint density at radius 1 is 1.44 bits per heavy atom. The summed E-state index contributed by atoms with van der Waals surface area (Å²) < 4.78 is 26.8. The second-order valence-electron chi connectivity index (χ2n) is 4.53. The van der Waals surface area contributed by atoms with E-state index in [9.17, 15) is 13.6 Å². The zero-order chi connectivity index (χ0) is 13.3. The average molecular weight is 318 g/mol. The summed E-state index contributed by atoms with van der Waals surface area (Å²) in [5, 5.41) is 0.681. The molecule has 0 N–H and O–H groups in total. The molecule has 1 aromatic rings. The van der Waals surface area contributed by atoms with E-state index in [0.717, 1.165) is 18.9 Å². The number of halogens is 3. The first-order valence-electron chi connectivity index (χ1n) is 5.87. The first-order chi connectivity index (χ1) is 8.54. The lowest BCUT2D eigenvalue weighted by Crippen LogP contribution is -2.37. The average Bonchev–Trinajstić information content (AvgIpc) is 2.81. The van der Waals surface area contributed by atoms with Crippen LogP contribution in [0.5, 0.6) is 0 Å². The number of alkyl halides is 1. The van der Waals surface area contributed by atoms with Gasteiger partial charge in [-0.3, -0.25) is 4.79 Å². The summed E-state index contributed by atoms with van der Waals surface area (Å²) in [7, 11) is 0. The summed E-state index contributed by atoms with van der Waals surface area (Å²) in [6.07, 6.45) is 1.84. The molecule has 0 radical (unpaired) electrons. The second-order valence-corrected chi connectivity index (χ2v) is 5.18. The van der Waals surface area contributed by atoms with Crippen LogP contribution in [0, 0.1) is 18.6 Å². The molecule has 5 heteroatoms. The molecule has 1 heterocycles. The molecule has 1 aromatic carbocycles. The lowest BCUT2D eigenvalue weighted by Gasteiger charge is -2.23. The fraction of sp³-hybridized carbons (Fsp3) is 0.462. The number of hydrogen-bond acceptors (Lipinski definition) is 1. The maximum absolute atomic E-state index is 13.7. The third kappa shape index (κ3) is 2.41. The predicted octanol–water partition coefficient (Wildman–Crippen LogP) is 3.27. The van der Waals surface area contributed by atoms with Gasteiger partial charge in [-0.05, 0) is 31.4 Å². The lowest BCUT2D eigenvalue weighted by atomic mass is 10.1. The van der Waals surface area contributed by atoms with Crippen LogP contribution in [0.15, 0.2) is 12.1 Å². The molecule has 98 valence electrons. The smallest absolute Gasteiger partial charge is 0.257 e. The van der Waals surface area contributed by atoms with E-state index in [-0.39, 0.29) is 23.1 Å². The summed E-state index contributed by atoms with van der Waals surface area (Å²) in [5.41, 5.74) is 0.246. The van der Waals surface area contributed by atoms with Crippen molar-refractivity contribution in [3.8, 4) is 0 Å². The Kier molecular flexibility index (Phi) is 4.00. The number of aryl methyl sites for hydroxylation is 1. The van der Waals surface area contributed by atoms with Gasteiger partial charge in [-0.1, -0.05) is 15.9 Å². The largest absolute Gasteiger partial charge is 0.335 e. The summed E-state index contributed by atoms with van der Waals surface area (Å²) in [6.45, 7) is 2.16. The SMILES string of the molecule is Cc1cc(C(=O)N2CCCC2CBr)c(F)cc1F. The van der Waals surface area contributed by atoms with Crippen LogP contribution >= 0.6 is 15.9 Å². The molecule has 1 amide bonds. The Morgan fingerprint density at radius 2 is 2.17 bits per heavy atom. The zero-order valence-electron chi connectivity index (χ0n) is 10.0. The minimum Gasteiger partial charge on any atom is -0.335 e. The van der Waals surface area contributed by atoms with Crippen LogP contribution in [0.25, 0.3) is 0 Å². The van der Waals surface area contributed by atoms with Crippen LogP contribution in [0.4, 0.5) is 8.78 Å². The van der Waals surface area contributed by atoms with Crippen molar-refractivity contribution in [3.05, 3.63) is 34.9 Å². The number of carbonyl (C=O) groups excluding carboxylic acids is 1. The van der Waals surface area contributed by atoms with Crippen molar-refractivity contribution in [1.29, 1.82) is 0 Å². The van der Waals surface area contributed by atoms with Crippen LogP contribution in [0.3, 0.4) is 0 Å². The molecule has 0 aliphatic carbocycles. The summed E-state index contributed by atoms with van der Waals surface area (Å²) in [5.74, 6) is -1.76. The lowest BCUT2D eigenvalue weighted by molar-refractivity contribution is 0.0745. The van der Waals surface area contributed by atoms with E-state index < -0.39 is 11.6 Å². The van der Waals surface area contributed by atoms with Gasteiger partial charge in [0.25, 0.3) is 5.91 Å². The van der Waals surface area contributed by atoms with Crippen LogP contribution in [-0.2, 0) is 0 Å². The molecular weight excluding hydrogens is 304 g/mol. The normalized spacial score (nSPS) is 19.3. The summed E-state index contributed by atoms with van der Waals surface area (Å²) >= 11 is 3.35. The molecule has 1 unspecified atom stereocenters. The monoisotopic (exact) mass is 317 g/mol. The Bertz CT molecular complexity index is 478. The van der Waals surface area contributed by atoms with Crippen molar-refractivity contribution < 1.29 is 13.6 Å². The van der Waals surface area contributed by atoms with E-state index >= 15 is 0 Å². The van der Waals surface area contributed by atoms with E-state index in [1.165, 1.54) is 13.0 Å². The molecule has 1 aliphatic rings. The van der Waals surface area contributed by atoms with Crippen molar-refractivity contribution in [1.82, 2.24) is 4.90 Å². The molecule has 2 nitrogen and oxygen atoms in total. The molecule has 1 fully saturated rings. The van der Waals surface area contributed by atoms with Gasteiger partial charge in [0.05, 0.1) is 5.56 Å². The van der Waals surface area contributed by atoms with E-state index in [1.807, 2.05) is 0 Å². The predicted molar refractivity (Wildman–Crippen MR) is 68.9 cm³/mol. The number of rotatable bonds is 2. The highest BCUT2D eigenvalue weighted by Gasteiger charge is 2.30. The molecule has 1 atom stereocenters. The summed E-state index contributed by atoms with van der Waals surface area (Å²) in [6, 6.07) is 2.17.